The van der Waals surface area contributed by atoms with Crippen molar-refractivity contribution in [3.63, 3.8) is 0 Å². The Morgan fingerprint density at radius 3 is 2.77 bits per heavy atom. The zero-order valence-corrected chi connectivity index (χ0v) is 19.5. The minimum Gasteiger partial charge on any atom is -0.397 e. The van der Waals surface area contributed by atoms with Gasteiger partial charge in [0.1, 0.15) is 9.71 Å². The van der Waals surface area contributed by atoms with Gasteiger partial charge in [0.2, 0.25) is 0 Å². The van der Waals surface area contributed by atoms with Crippen molar-refractivity contribution in [3.05, 3.63) is 52.5 Å². The maximum Gasteiger partial charge on any atom is 0.263 e. The van der Waals surface area contributed by atoms with E-state index >= 15 is 0 Å². The minimum atomic E-state index is -0.122. The van der Waals surface area contributed by atoms with Gasteiger partial charge in [0, 0.05) is 36.4 Å². The third-order valence-electron chi connectivity index (χ3n) is 6.03. The molecule has 0 radical (unpaired) electrons. The highest BCUT2D eigenvalue weighted by Crippen LogP contribution is 2.32. The van der Waals surface area contributed by atoms with Crippen molar-refractivity contribution in [1.29, 1.82) is 0 Å². The van der Waals surface area contributed by atoms with Crippen LogP contribution in [0.3, 0.4) is 0 Å². The lowest BCUT2D eigenvalue weighted by atomic mass is 9.97. The Morgan fingerprint density at radius 1 is 1.26 bits per heavy atom. The molecule has 1 aliphatic rings. The van der Waals surface area contributed by atoms with Crippen molar-refractivity contribution in [3.8, 4) is 0 Å². The summed E-state index contributed by atoms with van der Waals surface area (Å²) in [6.45, 7) is 9.45. The molecule has 0 saturated carbocycles. The lowest BCUT2D eigenvalue weighted by Gasteiger charge is -2.19. The summed E-state index contributed by atoms with van der Waals surface area (Å²) in [4.78, 5) is 21.0. The van der Waals surface area contributed by atoms with E-state index in [0.717, 1.165) is 40.7 Å². The molecule has 0 aliphatic carbocycles. The molecule has 1 saturated heterocycles. The van der Waals surface area contributed by atoms with E-state index in [4.69, 9.17) is 5.73 Å². The molecule has 1 fully saturated rings. The van der Waals surface area contributed by atoms with Crippen LogP contribution in [-0.4, -0.2) is 30.5 Å². The Morgan fingerprint density at radius 2 is 2.03 bits per heavy atom. The number of carbonyl (C=O) groups excluding carboxylic acids is 1. The smallest absolute Gasteiger partial charge is 0.263 e. The van der Waals surface area contributed by atoms with Gasteiger partial charge in [0.25, 0.3) is 5.91 Å². The van der Waals surface area contributed by atoms with E-state index in [-0.39, 0.29) is 5.91 Å². The van der Waals surface area contributed by atoms with E-state index in [2.05, 4.69) is 53.3 Å². The summed E-state index contributed by atoms with van der Waals surface area (Å²) in [5.41, 5.74) is 10.2. The number of pyridine rings is 1. The van der Waals surface area contributed by atoms with Gasteiger partial charge in [-0.2, -0.15) is 0 Å². The first-order valence-electron chi connectivity index (χ1n) is 11.2. The van der Waals surface area contributed by atoms with Crippen molar-refractivity contribution in [1.82, 2.24) is 10.3 Å². The number of nitrogen functional groups attached to an aromatic ring is 1. The predicted molar refractivity (Wildman–Crippen MR) is 131 cm³/mol. The van der Waals surface area contributed by atoms with Crippen LogP contribution in [0.15, 0.2) is 36.4 Å². The number of rotatable bonds is 7. The molecule has 0 unspecified atom stereocenters. The van der Waals surface area contributed by atoms with E-state index in [9.17, 15) is 4.79 Å². The number of nitrogens with two attached hydrogens (primary N) is 1. The van der Waals surface area contributed by atoms with Gasteiger partial charge in [-0.25, -0.2) is 4.98 Å². The normalized spacial score (nSPS) is 16.4. The van der Waals surface area contributed by atoms with Crippen molar-refractivity contribution in [2.45, 2.75) is 40.0 Å². The molecule has 1 aliphatic heterocycles. The van der Waals surface area contributed by atoms with E-state index in [0.29, 0.717) is 17.1 Å². The molecule has 31 heavy (non-hydrogen) atoms. The number of anilines is 2. The van der Waals surface area contributed by atoms with Gasteiger partial charge >= 0.3 is 0 Å². The van der Waals surface area contributed by atoms with E-state index < -0.39 is 0 Å². The maximum atomic E-state index is 12.6. The highest BCUT2D eigenvalue weighted by Gasteiger charge is 2.23. The summed E-state index contributed by atoms with van der Waals surface area (Å²) in [6.07, 6.45) is 3.40. The molecule has 164 valence electrons. The summed E-state index contributed by atoms with van der Waals surface area (Å²) >= 11 is 1.36. The fraction of sp³-hybridized carbons (Fsp3) is 0.440. The number of aryl methyl sites for hydroxylation is 1. The summed E-state index contributed by atoms with van der Waals surface area (Å²) < 4.78 is 0. The molecule has 1 amide bonds. The van der Waals surface area contributed by atoms with Gasteiger partial charge < -0.3 is 16.0 Å². The summed E-state index contributed by atoms with van der Waals surface area (Å²) in [7, 11) is 0. The molecule has 6 heteroatoms. The second kappa shape index (κ2) is 9.27. The second-order valence-corrected chi connectivity index (χ2v) is 10.1. The van der Waals surface area contributed by atoms with E-state index in [1.54, 1.807) is 0 Å². The molecule has 1 aromatic carbocycles. The molecule has 0 bridgehead atoms. The van der Waals surface area contributed by atoms with E-state index in [1.165, 1.54) is 42.0 Å². The Labute approximate surface area is 188 Å². The Hall–Kier alpha value is -2.60. The van der Waals surface area contributed by atoms with Crippen molar-refractivity contribution < 1.29 is 4.79 Å². The Bertz CT molecular complexity index is 1060. The average molecular weight is 437 g/mol. The van der Waals surface area contributed by atoms with E-state index in [1.807, 2.05) is 19.1 Å². The first-order chi connectivity index (χ1) is 14.9. The number of fused-ring (bicyclic) bond motifs is 1. The number of aromatic nitrogens is 1. The molecule has 3 heterocycles. The van der Waals surface area contributed by atoms with Crippen LogP contribution in [-0.2, 0) is 6.42 Å². The lowest BCUT2D eigenvalue weighted by Crippen LogP contribution is -2.25. The van der Waals surface area contributed by atoms with Crippen LogP contribution in [0.5, 0.6) is 0 Å². The summed E-state index contributed by atoms with van der Waals surface area (Å²) in [6, 6.07) is 12.6. The van der Waals surface area contributed by atoms with Crippen LogP contribution in [0.2, 0.25) is 0 Å². The van der Waals surface area contributed by atoms with Crippen LogP contribution in [0.25, 0.3) is 10.2 Å². The van der Waals surface area contributed by atoms with Gasteiger partial charge in [-0.3, -0.25) is 4.79 Å². The standard InChI is InChI=1S/C25H32N4OS/c1-16(2)14-19-11-13-29(15-19)20-7-5-18(6-8-20)10-12-27-24(30)23-22(26)21-9-4-17(3)28-25(21)31-23/h4-9,16,19H,10-15,26H2,1-3H3,(H,27,30)/t19-/m0/s1. The third kappa shape index (κ3) is 5.01. The summed E-state index contributed by atoms with van der Waals surface area (Å²) in [5, 5.41) is 3.87. The average Bonchev–Trinajstić information content (AvgIpc) is 3.32. The third-order valence-corrected chi connectivity index (χ3v) is 7.14. The molecular weight excluding hydrogens is 404 g/mol. The number of amides is 1. The monoisotopic (exact) mass is 436 g/mol. The zero-order chi connectivity index (χ0) is 22.0. The number of nitrogens with zero attached hydrogens (tertiary/aromatic N) is 2. The molecule has 3 aromatic rings. The van der Waals surface area contributed by atoms with Crippen molar-refractivity contribution in [2.75, 3.05) is 30.3 Å². The molecule has 3 N–H and O–H groups in total. The van der Waals surface area contributed by atoms with Crippen LogP contribution in [0.1, 0.15) is 47.6 Å². The fourth-order valence-corrected chi connectivity index (χ4v) is 5.51. The van der Waals surface area contributed by atoms with Gasteiger partial charge in [-0.1, -0.05) is 26.0 Å². The number of hydrogen-bond acceptors (Lipinski definition) is 5. The number of carbonyl (C=O) groups is 1. The van der Waals surface area contributed by atoms with Gasteiger partial charge in [-0.15, -0.1) is 11.3 Å². The maximum absolute atomic E-state index is 12.6. The second-order valence-electron chi connectivity index (χ2n) is 9.05. The molecule has 5 nitrogen and oxygen atoms in total. The number of benzene rings is 1. The number of thiophene rings is 1. The van der Waals surface area contributed by atoms with Crippen LogP contribution < -0.4 is 16.0 Å². The first-order valence-corrected chi connectivity index (χ1v) is 12.0. The molecular formula is C25H32N4OS. The fourth-order valence-electron chi connectivity index (χ4n) is 4.46. The van der Waals surface area contributed by atoms with Gasteiger partial charge in [0.15, 0.2) is 0 Å². The highest BCUT2D eigenvalue weighted by molar-refractivity contribution is 7.21. The topological polar surface area (TPSA) is 71.2 Å². The largest absolute Gasteiger partial charge is 0.397 e. The molecule has 4 rings (SSSR count). The van der Waals surface area contributed by atoms with Crippen LogP contribution >= 0.6 is 11.3 Å². The van der Waals surface area contributed by atoms with Crippen LogP contribution in [0.4, 0.5) is 11.4 Å². The molecule has 1 atom stereocenters. The SMILES string of the molecule is Cc1ccc2c(N)c(C(=O)NCCc3ccc(N4CC[C@@H](CC(C)C)C4)cc3)sc2n1. The van der Waals surface area contributed by atoms with Crippen LogP contribution in [0, 0.1) is 18.8 Å². The van der Waals surface area contributed by atoms with Crippen molar-refractivity contribution >= 4 is 38.8 Å². The lowest BCUT2D eigenvalue weighted by molar-refractivity contribution is 0.0959. The summed E-state index contributed by atoms with van der Waals surface area (Å²) in [5.74, 6) is 1.46. The zero-order valence-electron chi connectivity index (χ0n) is 18.6. The minimum absolute atomic E-state index is 0.122. The van der Waals surface area contributed by atoms with Gasteiger partial charge in [0.05, 0.1) is 5.69 Å². The molecule has 2 aromatic heterocycles. The number of hydrogen-bond donors (Lipinski definition) is 2. The Kier molecular flexibility index (Phi) is 6.46. The Balaban J connectivity index is 1.30. The quantitative estimate of drug-likeness (QED) is 0.545. The first kappa shape index (κ1) is 21.6. The predicted octanol–water partition coefficient (Wildman–Crippen LogP) is 5.03. The van der Waals surface area contributed by atoms with Crippen molar-refractivity contribution in [2.24, 2.45) is 11.8 Å². The highest BCUT2D eigenvalue weighted by atomic mass is 32.1. The number of nitrogens with one attached hydrogen (secondary N) is 1. The molecule has 0 spiro atoms. The van der Waals surface area contributed by atoms with Gasteiger partial charge in [-0.05, 0) is 67.9 Å².